The molecule has 1 atom stereocenters. The third kappa shape index (κ3) is 61.4. The Labute approximate surface area is 471 Å². The number of unbranched alkanes of at least 4 members (excludes halogenated alkanes) is 34. The molecule has 6 nitrogen and oxygen atoms in total. The fraction of sp³-hybridized carbons (Fsp3) is 0.757. The molecule has 438 valence electrons. The largest absolute Gasteiger partial charge is 0.462 e. The van der Waals surface area contributed by atoms with Gasteiger partial charge < -0.3 is 14.2 Å². The maximum atomic E-state index is 12.8. The summed E-state index contributed by atoms with van der Waals surface area (Å²) in [6.45, 7) is 6.47. The summed E-state index contributed by atoms with van der Waals surface area (Å²) in [6, 6.07) is 0. The first-order chi connectivity index (χ1) is 37.5. The van der Waals surface area contributed by atoms with E-state index in [1.54, 1.807) is 0 Å². The summed E-state index contributed by atoms with van der Waals surface area (Å²) in [5.74, 6) is -0.889. The van der Waals surface area contributed by atoms with Crippen molar-refractivity contribution in [2.75, 3.05) is 13.2 Å². The molecular weight excluding hydrogens is 937 g/mol. The maximum absolute atomic E-state index is 12.8. The van der Waals surface area contributed by atoms with Crippen LogP contribution in [0.4, 0.5) is 0 Å². The molecule has 0 bridgehead atoms. The zero-order valence-electron chi connectivity index (χ0n) is 50.3. The summed E-state index contributed by atoms with van der Waals surface area (Å²) in [5.41, 5.74) is 0. The predicted octanol–water partition coefficient (Wildman–Crippen LogP) is 22.3. The third-order valence-corrected chi connectivity index (χ3v) is 14.1. The molecule has 0 radical (unpaired) electrons. The Kier molecular flexibility index (Phi) is 61.2. The molecule has 76 heavy (non-hydrogen) atoms. The summed E-state index contributed by atoms with van der Waals surface area (Å²) in [5, 5.41) is 0. The van der Waals surface area contributed by atoms with Gasteiger partial charge in [-0.05, 0) is 96.3 Å². The number of carbonyl (C=O) groups excluding carboxylic acids is 3. The van der Waals surface area contributed by atoms with Crippen molar-refractivity contribution in [1.82, 2.24) is 0 Å². The number of hydrogen-bond donors (Lipinski definition) is 0. The van der Waals surface area contributed by atoms with Crippen LogP contribution in [0.3, 0.4) is 0 Å². The molecule has 0 saturated carbocycles. The molecule has 0 N–H and O–H groups in total. The first-order valence-corrected chi connectivity index (χ1v) is 32.6. The van der Waals surface area contributed by atoms with Gasteiger partial charge in [-0.15, -0.1) is 0 Å². The van der Waals surface area contributed by atoms with Gasteiger partial charge in [0.15, 0.2) is 6.10 Å². The van der Waals surface area contributed by atoms with Gasteiger partial charge in [-0.25, -0.2) is 0 Å². The van der Waals surface area contributed by atoms with E-state index in [-0.39, 0.29) is 31.1 Å². The zero-order valence-corrected chi connectivity index (χ0v) is 50.3. The Morgan fingerprint density at radius 2 is 0.513 bits per heavy atom. The van der Waals surface area contributed by atoms with E-state index in [2.05, 4.69) is 106 Å². The summed E-state index contributed by atoms with van der Waals surface area (Å²) < 4.78 is 16.8. The molecule has 0 aromatic carbocycles. The molecule has 0 aliphatic carbocycles. The highest BCUT2D eigenvalue weighted by Crippen LogP contribution is 2.17. The van der Waals surface area contributed by atoms with Crippen molar-refractivity contribution in [2.24, 2.45) is 0 Å². The van der Waals surface area contributed by atoms with Gasteiger partial charge in [-0.3, -0.25) is 14.4 Å². The second kappa shape index (κ2) is 64.1. The lowest BCUT2D eigenvalue weighted by molar-refractivity contribution is -0.167. The van der Waals surface area contributed by atoms with E-state index in [1.165, 1.54) is 173 Å². The fourth-order valence-electron chi connectivity index (χ4n) is 9.27. The third-order valence-electron chi connectivity index (χ3n) is 14.1. The van der Waals surface area contributed by atoms with Gasteiger partial charge in [-0.1, -0.05) is 292 Å². The topological polar surface area (TPSA) is 78.9 Å². The fourth-order valence-corrected chi connectivity index (χ4v) is 9.27. The molecule has 0 amide bonds. The minimum atomic E-state index is -0.779. The summed E-state index contributed by atoms with van der Waals surface area (Å²) in [6.07, 6.45) is 84.9. The smallest absolute Gasteiger partial charge is 0.306 e. The number of ether oxygens (including phenoxy) is 3. The Balaban J connectivity index is 4.04. The SMILES string of the molecule is CC/C=C\C/C=C\C/C=C\C/C=C\CCCCCCCCCCCCCCCCCCCCC(=O)OCC(COC(=O)CCCCCCCC)OC(=O)CCCCCCCC/C=C\C/C=C\C/C=C\CCCCCCC. The van der Waals surface area contributed by atoms with E-state index in [0.29, 0.717) is 19.3 Å². The van der Waals surface area contributed by atoms with E-state index in [0.717, 1.165) is 109 Å². The average Bonchev–Trinajstić information content (AvgIpc) is 3.42. The van der Waals surface area contributed by atoms with Crippen molar-refractivity contribution in [2.45, 2.75) is 329 Å². The average molecular weight is 1060 g/mol. The van der Waals surface area contributed by atoms with Crippen molar-refractivity contribution in [3.05, 3.63) is 85.1 Å². The Morgan fingerprint density at radius 3 is 0.803 bits per heavy atom. The summed E-state index contributed by atoms with van der Waals surface area (Å²) in [4.78, 5) is 38.0. The van der Waals surface area contributed by atoms with Crippen LogP contribution >= 0.6 is 0 Å². The van der Waals surface area contributed by atoms with Crippen LogP contribution in [0.25, 0.3) is 0 Å². The highest BCUT2D eigenvalue weighted by molar-refractivity contribution is 5.71. The molecule has 0 rings (SSSR count). The first kappa shape index (κ1) is 72.6. The van der Waals surface area contributed by atoms with E-state index < -0.39 is 6.10 Å². The summed E-state index contributed by atoms with van der Waals surface area (Å²) in [7, 11) is 0. The van der Waals surface area contributed by atoms with Crippen LogP contribution in [-0.4, -0.2) is 37.2 Å². The van der Waals surface area contributed by atoms with E-state index in [1.807, 2.05) is 0 Å². The van der Waals surface area contributed by atoms with Gasteiger partial charge in [-0.2, -0.15) is 0 Å². The lowest BCUT2D eigenvalue weighted by atomic mass is 10.0. The molecular formula is C70H122O6. The second-order valence-corrected chi connectivity index (χ2v) is 21.6. The molecule has 6 heteroatoms. The Bertz CT molecular complexity index is 1450. The Morgan fingerprint density at radius 1 is 0.276 bits per heavy atom. The van der Waals surface area contributed by atoms with E-state index in [4.69, 9.17) is 14.2 Å². The van der Waals surface area contributed by atoms with Crippen LogP contribution in [0.2, 0.25) is 0 Å². The summed E-state index contributed by atoms with van der Waals surface area (Å²) >= 11 is 0. The highest BCUT2D eigenvalue weighted by atomic mass is 16.6. The molecule has 0 aromatic rings. The van der Waals surface area contributed by atoms with Crippen LogP contribution in [0.1, 0.15) is 323 Å². The van der Waals surface area contributed by atoms with Gasteiger partial charge >= 0.3 is 17.9 Å². The number of hydrogen-bond acceptors (Lipinski definition) is 6. The Hall–Kier alpha value is -3.41. The first-order valence-electron chi connectivity index (χ1n) is 32.6. The maximum Gasteiger partial charge on any atom is 0.306 e. The standard InChI is InChI=1S/C70H122O6/c1-4-7-10-13-16-18-20-22-24-26-28-30-31-32-33-34-35-36-37-38-39-41-42-44-46-48-50-52-54-57-60-63-69(72)75-66-67(65-74-68(71)62-59-56-15-12-9-6-3)76-70(73)64-61-58-55-53-51-49-47-45-43-40-29-27-25-23-21-19-17-14-11-8-5-2/h7,10,16,18,21-24,27-30,43,45,67H,4-6,8-9,11-15,17,19-20,25-26,31-42,44,46-66H2,1-3H3/b10-7-,18-16-,23-21-,24-22-,29-27-,30-28-,45-43-. The van der Waals surface area contributed by atoms with Gasteiger partial charge in [0.25, 0.3) is 0 Å². The molecule has 0 aliphatic heterocycles. The van der Waals surface area contributed by atoms with Crippen molar-refractivity contribution in [1.29, 1.82) is 0 Å². The van der Waals surface area contributed by atoms with Crippen molar-refractivity contribution >= 4 is 17.9 Å². The van der Waals surface area contributed by atoms with E-state index >= 15 is 0 Å². The van der Waals surface area contributed by atoms with Gasteiger partial charge in [0.05, 0.1) is 0 Å². The van der Waals surface area contributed by atoms with Gasteiger partial charge in [0.1, 0.15) is 13.2 Å². The monoisotopic (exact) mass is 1060 g/mol. The van der Waals surface area contributed by atoms with Crippen molar-refractivity contribution in [3.8, 4) is 0 Å². The molecule has 0 saturated heterocycles. The minimum absolute atomic E-state index is 0.0785. The van der Waals surface area contributed by atoms with Crippen molar-refractivity contribution in [3.63, 3.8) is 0 Å². The predicted molar refractivity (Wildman–Crippen MR) is 330 cm³/mol. The highest BCUT2D eigenvalue weighted by Gasteiger charge is 2.19. The number of allylic oxidation sites excluding steroid dienone is 14. The molecule has 0 fully saturated rings. The second-order valence-electron chi connectivity index (χ2n) is 21.6. The van der Waals surface area contributed by atoms with Crippen LogP contribution in [0, 0.1) is 0 Å². The zero-order chi connectivity index (χ0) is 55.0. The minimum Gasteiger partial charge on any atom is -0.462 e. The number of rotatable bonds is 59. The number of esters is 3. The molecule has 1 unspecified atom stereocenters. The quantitative estimate of drug-likeness (QED) is 0.0261. The van der Waals surface area contributed by atoms with Gasteiger partial charge in [0, 0.05) is 19.3 Å². The molecule has 0 spiro atoms. The number of carbonyl (C=O) groups is 3. The van der Waals surface area contributed by atoms with Gasteiger partial charge in [0.2, 0.25) is 0 Å². The van der Waals surface area contributed by atoms with Crippen LogP contribution in [0.5, 0.6) is 0 Å². The molecule has 0 heterocycles. The molecule has 0 aromatic heterocycles. The van der Waals surface area contributed by atoms with Crippen LogP contribution in [-0.2, 0) is 28.6 Å². The van der Waals surface area contributed by atoms with Crippen molar-refractivity contribution < 1.29 is 28.6 Å². The van der Waals surface area contributed by atoms with E-state index in [9.17, 15) is 14.4 Å². The molecule has 0 aliphatic rings. The lowest BCUT2D eigenvalue weighted by Crippen LogP contribution is -2.30. The normalized spacial score (nSPS) is 12.6. The van der Waals surface area contributed by atoms with Crippen LogP contribution < -0.4 is 0 Å². The lowest BCUT2D eigenvalue weighted by Gasteiger charge is -2.18. The van der Waals surface area contributed by atoms with Crippen LogP contribution in [0.15, 0.2) is 85.1 Å².